The Labute approximate surface area is 173 Å². The maximum absolute atomic E-state index is 12.5. The van der Waals surface area contributed by atoms with E-state index in [9.17, 15) is 4.79 Å². The largest absolute Gasteiger partial charge is 0.335 e. The first kappa shape index (κ1) is 20.3. The van der Waals surface area contributed by atoms with E-state index in [0.717, 1.165) is 22.6 Å². The molecule has 0 aliphatic carbocycles. The van der Waals surface area contributed by atoms with Crippen molar-refractivity contribution in [3.8, 4) is 0 Å². The summed E-state index contributed by atoms with van der Waals surface area (Å²) in [5, 5.41) is 12.0. The standard InChI is InChI=1S/C20H23N5OS2/c1-13-9-10-17(14(2)11-13)22-18(26)15(3)28-20-24-23-19(25(20)21)27-12-16-7-5-4-6-8-16/h4-11,15H,12,21H2,1-3H3,(H,22,26)/t15-/m1/s1. The predicted octanol–water partition coefficient (Wildman–Crippen LogP) is 4.02. The maximum Gasteiger partial charge on any atom is 0.237 e. The molecule has 0 aliphatic rings. The number of aromatic nitrogens is 3. The Balaban J connectivity index is 1.60. The Morgan fingerprint density at radius 2 is 1.86 bits per heavy atom. The minimum absolute atomic E-state index is 0.0987. The molecule has 1 aromatic heterocycles. The van der Waals surface area contributed by atoms with Gasteiger partial charge in [0.2, 0.25) is 16.2 Å². The smallest absolute Gasteiger partial charge is 0.237 e. The average Bonchev–Trinajstić information content (AvgIpc) is 3.02. The summed E-state index contributed by atoms with van der Waals surface area (Å²) in [7, 11) is 0. The van der Waals surface area contributed by atoms with E-state index in [-0.39, 0.29) is 11.2 Å². The van der Waals surface area contributed by atoms with Gasteiger partial charge in [0.1, 0.15) is 0 Å². The van der Waals surface area contributed by atoms with Crippen LogP contribution >= 0.6 is 23.5 Å². The van der Waals surface area contributed by atoms with Gasteiger partial charge in [-0.2, -0.15) is 0 Å². The van der Waals surface area contributed by atoms with Gasteiger partial charge >= 0.3 is 0 Å². The molecule has 28 heavy (non-hydrogen) atoms. The molecule has 0 unspecified atom stereocenters. The van der Waals surface area contributed by atoms with Gasteiger partial charge in [0, 0.05) is 11.4 Å². The summed E-state index contributed by atoms with van der Waals surface area (Å²) in [6, 6.07) is 16.0. The van der Waals surface area contributed by atoms with Crippen LogP contribution in [0.2, 0.25) is 0 Å². The summed E-state index contributed by atoms with van der Waals surface area (Å²) in [6.45, 7) is 5.83. The van der Waals surface area contributed by atoms with Gasteiger partial charge in [-0.25, -0.2) is 4.68 Å². The zero-order valence-corrected chi connectivity index (χ0v) is 17.7. The topological polar surface area (TPSA) is 85.8 Å². The van der Waals surface area contributed by atoms with Gasteiger partial charge in [-0.3, -0.25) is 4.79 Å². The molecule has 0 radical (unpaired) electrons. The molecule has 3 aromatic rings. The number of nitrogens with two attached hydrogens (primary N) is 1. The summed E-state index contributed by atoms with van der Waals surface area (Å²) in [5.74, 6) is 6.78. The fourth-order valence-electron chi connectivity index (χ4n) is 2.56. The highest BCUT2D eigenvalue weighted by atomic mass is 32.2. The Morgan fingerprint density at radius 3 is 2.57 bits per heavy atom. The lowest BCUT2D eigenvalue weighted by Crippen LogP contribution is -2.24. The minimum atomic E-state index is -0.362. The molecule has 0 saturated heterocycles. The highest BCUT2D eigenvalue weighted by molar-refractivity contribution is 8.00. The van der Waals surface area contributed by atoms with Crippen LogP contribution in [0.15, 0.2) is 58.8 Å². The molecule has 3 rings (SSSR count). The van der Waals surface area contributed by atoms with Gasteiger partial charge in [0.25, 0.3) is 0 Å². The zero-order chi connectivity index (χ0) is 20.1. The Kier molecular flexibility index (Phi) is 6.64. The number of anilines is 1. The van der Waals surface area contributed by atoms with Crippen LogP contribution in [-0.2, 0) is 10.5 Å². The molecule has 3 N–H and O–H groups in total. The average molecular weight is 414 g/mol. The number of benzene rings is 2. The number of rotatable bonds is 7. The van der Waals surface area contributed by atoms with Crippen molar-refractivity contribution in [1.82, 2.24) is 14.9 Å². The van der Waals surface area contributed by atoms with Crippen molar-refractivity contribution in [1.29, 1.82) is 0 Å². The fraction of sp³-hybridized carbons (Fsp3) is 0.250. The molecule has 0 aliphatic heterocycles. The number of hydrogen-bond donors (Lipinski definition) is 2. The van der Waals surface area contributed by atoms with E-state index in [1.165, 1.54) is 33.8 Å². The van der Waals surface area contributed by atoms with Crippen molar-refractivity contribution in [2.45, 2.75) is 42.1 Å². The van der Waals surface area contributed by atoms with E-state index in [1.807, 2.05) is 57.2 Å². The second kappa shape index (κ2) is 9.16. The molecule has 1 atom stereocenters. The third kappa shape index (κ3) is 5.08. The second-order valence-electron chi connectivity index (χ2n) is 6.48. The van der Waals surface area contributed by atoms with Crippen molar-refractivity contribution >= 4 is 35.1 Å². The lowest BCUT2D eigenvalue weighted by Gasteiger charge is -2.13. The summed E-state index contributed by atoms with van der Waals surface area (Å²) in [6.07, 6.45) is 0. The molecular formula is C20H23N5OS2. The monoisotopic (exact) mass is 413 g/mol. The van der Waals surface area contributed by atoms with Crippen LogP contribution in [-0.4, -0.2) is 26.0 Å². The van der Waals surface area contributed by atoms with Crippen LogP contribution < -0.4 is 11.2 Å². The van der Waals surface area contributed by atoms with Gasteiger partial charge in [-0.05, 0) is 38.0 Å². The van der Waals surface area contributed by atoms with Crippen molar-refractivity contribution in [3.63, 3.8) is 0 Å². The molecule has 8 heteroatoms. The first-order valence-electron chi connectivity index (χ1n) is 8.86. The van der Waals surface area contributed by atoms with Gasteiger partial charge in [-0.15, -0.1) is 10.2 Å². The molecule has 0 fully saturated rings. The van der Waals surface area contributed by atoms with E-state index in [4.69, 9.17) is 5.84 Å². The fourth-order valence-corrected chi connectivity index (χ4v) is 4.20. The quantitative estimate of drug-likeness (QED) is 0.449. The third-order valence-electron chi connectivity index (χ3n) is 4.14. The van der Waals surface area contributed by atoms with Crippen LogP contribution in [0.3, 0.4) is 0 Å². The van der Waals surface area contributed by atoms with Crippen molar-refractivity contribution in [3.05, 3.63) is 65.2 Å². The number of thioether (sulfide) groups is 2. The van der Waals surface area contributed by atoms with Crippen LogP contribution in [0.5, 0.6) is 0 Å². The summed E-state index contributed by atoms with van der Waals surface area (Å²) < 4.78 is 1.44. The predicted molar refractivity (Wildman–Crippen MR) is 116 cm³/mol. The molecule has 0 spiro atoms. The summed E-state index contributed by atoms with van der Waals surface area (Å²) >= 11 is 2.80. The van der Waals surface area contributed by atoms with E-state index in [0.29, 0.717) is 10.3 Å². The van der Waals surface area contributed by atoms with Crippen LogP contribution in [0.25, 0.3) is 0 Å². The van der Waals surface area contributed by atoms with Gasteiger partial charge < -0.3 is 11.2 Å². The van der Waals surface area contributed by atoms with E-state index in [1.54, 1.807) is 0 Å². The second-order valence-corrected chi connectivity index (χ2v) is 8.73. The number of nitrogens with zero attached hydrogens (tertiary/aromatic N) is 3. The molecule has 6 nitrogen and oxygen atoms in total. The Bertz CT molecular complexity index is 958. The highest BCUT2D eigenvalue weighted by Gasteiger charge is 2.20. The van der Waals surface area contributed by atoms with Gasteiger partial charge in [0.05, 0.1) is 5.25 Å². The third-order valence-corrected chi connectivity index (χ3v) is 6.21. The van der Waals surface area contributed by atoms with Gasteiger partial charge in [0.15, 0.2) is 0 Å². The van der Waals surface area contributed by atoms with E-state index < -0.39 is 0 Å². The van der Waals surface area contributed by atoms with Crippen LogP contribution in [0.4, 0.5) is 5.69 Å². The lowest BCUT2D eigenvalue weighted by atomic mass is 10.1. The van der Waals surface area contributed by atoms with Crippen LogP contribution in [0, 0.1) is 13.8 Å². The summed E-state index contributed by atoms with van der Waals surface area (Å²) in [4.78, 5) is 12.5. The number of nitrogen functional groups attached to an aromatic ring is 1. The van der Waals surface area contributed by atoms with Crippen molar-refractivity contribution in [2.24, 2.45) is 0 Å². The van der Waals surface area contributed by atoms with Crippen molar-refractivity contribution < 1.29 is 4.79 Å². The molecule has 0 saturated carbocycles. The van der Waals surface area contributed by atoms with Gasteiger partial charge in [-0.1, -0.05) is 71.6 Å². The number of amides is 1. The number of aryl methyl sites for hydroxylation is 2. The molecule has 2 aromatic carbocycles. The van der Waals surface area contributed by atoms with Crippen LogP contribution in [0.1, 0.15) is 23.6 Å². The Hall–Kier alpha value is -2.45. The zero-order valence-electron chi connectivity index (χ0n) is 16.0. The number of hydrogen-bond acceptors (Lipinski definition) is 6. The SMILES string of the molecule is Cc1ccc(NC(=O)[C@@H](C)Sc2nnc(SCc3ccccc3)n2N)c(C)c1. The highest BCUT2D eigenvalue weighted by Crippen LogP contribution is 2.27. The number of nitrogens with one attached hydrogen (secondary N) is 1. The normalized spacial score (nSPS) is 12.0. The number of carbonyl (C=O) groups is 1. The minimum Gasteiger partial charge on any atom is -0.335 e. The molecule has 1 amide bonds. The summed E-state index contributed by atoms with van der Waals surface area (Å²) in [5.41, 5.74) is 4.20. The first-order chi connectivity index (χ1) is 13.4. The van der Waals surface area contributed by atoms with E-state index >= 15 is 0 Å². The maximum atomic E-state index is 12.5. The van der Waals surface area contributed by atoms with E-state index in [2.05, 4.69) is 27.6 Å². The number of carbonyl (C=O) groups excluding carboxylic acids is 1. The lowest BCUT2D eigenvalue weighted by molar-refractivity contribution is -0.115. The molecule has 1 heterocycles. The first-order valence-corrected chi connectivity index (χ1v) is 10.7. The molecular weight excluding hydrogens is 390 g/mol. The molecule has 146 valence electrons. The Morgan fingerprint density at radius 1 is 1.14 bits per heavy atom. The molecule has 0 bridgehead atoms. The van der Waals surface area contributed by atoms with Crippen molar-refractivity contribution in [2.75, 3.05) is 11.2 Å².